The maximum Gasteiger partial charge on any atom is 0.410 e. The molecule has 27 heteroatoms. The number of carbonyl (C=O) groups is 11. The summed E-state index contributed by atoms with van der Waals surface area (Å²) < 4.78 is 17.5. The molecule has 2 aliphatic heterocycles. The molecule has 0 unspecified atom stereocenters. The average molecular weight is 1300 g/mol. The molecule has 1 saturated heterocycles. The molecule has 4 rings (SSSR count). The molecule has 0 saturated carbocycles. The number of nitrogens with one attached hydrogen (secondary N) is 6. The minimum Gasteiger partial charge on any atom is -0.445 e. The number of likely N-dealkylation sites (N-methyl/N-ethyl adjacent to an activating group) is 2. The predicted octanol–water partition coefficient (Wildman–Crippen LogP) is 2.89. The molecule has 2 aliphatic rings. The van der Waals surface area contributed by atoms with Crippen LogP contribution >= 0.6 is 0 Å². The van der Waals surface area contributed by atoms with Crippen LogP contribution in [0.2, 0.25) is 0 Å². The van der Waals surface area contributed by atoms with Crippen LogP contribution in [0.15, 0.2) is 66.7 Å². The lowest BCUT2D eigenvalue weighted by atomic mass is 9.89. The summed E-state index contributed by atoms with van der Waals surface area (Å²) in [6, 6.07) is 8.48. The quantitative estimate of drug-likeness (QED) is 0.0343. The number of imide groups is 1. The van der Waals surface area contributed by atoms with Gasteiger partial charge in [-0.3, -0.25) is 53.0 Å². The standard InChI is InChI=1S/C66H101N11O16/c1-12-42(6)58(51(91-10)36-55(83)76-34-20-24-49(76)59(92-11)43(7)60(84)70-47(37-78)35-44-21-15-13-16-22-44)75(9)64(88)57(41(4)5)73-62(86)50(38-79)74(8)66(90)93-39-45-26-28-46(29-27-45)69-61(85)48(23-19-32-68-65(67)89)71-63(87)56(40(2)3)72-52(80)25-17-14-18-33-77-53(81)30-31-54(77)82/h13,15-16,21-22,26-31,40-43,47-51,56-59,78-79H,12,14,17-20,23-25,32-39H2,1-11H3,(H,69,85)(H,70,84)(H,71,87)(H,72,80)(H,73,86)(H3,67,68,89)/t42-,43+,47-,48-,49-,50-,51+,56-,57-,58-,59+/m0/s1. The molecular weight excluding hydrogens is 1200 g/mol. The highest BCUT2D eigenvalue weighted by Crippen LogP contribution is 2.30. The van der Waals surface area contributed by atoms with Crippen LogP contribution in [-0.2, 0) is 70.4 Å². The fourth-order valence-electron chi connectivity index (χ4n) is 11.6. The van der Waals surface area contributed by atoms with Gasteiger partial charge in [0.25, 0.3) is 11.8 Å². The van der Waals surface area contributed by atoms with Crippen LogP contribution in [0.5, 0.6) is 0 Å². The molecule has 12 amide bonds. The van der Waals surface area contributed by atoms with Gasteiger partial charge in [0.05, 0.1) is 55.9 Å². The number of primary amides is 1. The normalized spacial score (nSPS) is 17.0. The second kappa shape index (κ2) is 38.9. The fraction of sp³-hybridized carbons (Fsp3) is 0.621. The van der Waals surface area contributed by atoms with E-state index in [4.69, 9.17) is 19.9 Å². The lowest BCUT2D eigenvalue weighted by molar-refractivity contribution is -0.148. The number of methoxy groups -OCH3 is 2. The van der Waals surface area contributed by atoms with E-state index < -0.39 is 115 Å². The Labute approximate surface area is 546 Å². The number of likely N-dealkylation sites (tertiary alicyclic amines) is 1. The zero-order valence-corrected chi connectivity index (χ0v) is 55.9. The van der Waals surface area contributed by atoms with Gasteiger partial charge in [-0.2, -0.15) is 0 Å². The van der Waals surface area contributed by atoms with Crippen LogP contribution in [0.4, 0.5) is 15.3 Å². The Hall–Kier alpha value is -8.01. The molecule has 1 fully saturated rings. The number of rotatable bonds is 39. The first-order chi connectivity index (χ1) is 44.2. The number of nitrogens with two attached hydrogens (primary N) is 1. The summed E-state index contributed by atoms with van der Waals surface area (Å²) in [5.41, 5.74) is 6.95. The van der Waals surface area contributed by atoms with Gasteiger partial charge in [-0.05, 0) is 86.0 Å². The number of urea groups is 1. The van der Waals surface area contributed by atoms with Crippen molar-refractivity contribution in [2.24, 2.45) is 29.4 Å². The Morgan fingerprint density at radius 3 is 1.96 bits per heavy atom. The number of aliphatic hydroxyl groups excluding tert-OH is 2. The topological polar surface area (TPSA) is 367 Å². The van der Waals surface area contributed by atoms with Gasteiger partial charge in [-0.25, -0.2) is 9.59 Å². The lowest BCUT2D eigenvalue weighted by Crippen LogP contribution is -2.60. The summed E-state index contributed by atoms with van der Waals surface area (Å²) in [6.07, 6.45) is 3.96. The number of amides is 12. The lowest BCUT2D eigenvalue weighted by Gasteiger charge is -2.41. The van der Waals surface area contributed by atoms with Gasteiger partial charge in [0.1, 0.15) is 30.8 Å². The van der Waals surface area contributed by atoms with Crippen molar-refractivity contribution < 1.29 is 77.2 Å². The summed E-state index contributed by atoms with van der Waals surface area (Å²) >= 11 is 0. The minimum absolute atomic E-state index is 0.0681. The number of hydrogen-bond acceptors (Lipinski definition) is 16. The highest BCUT2D eigenvalue weighted by molar-refractivity contribution is 6.12. The van der Waals surface area contributed by atoms with Crippen LogP contribution < -0.4 is 37.6 Å². The number of unbranched alkanes of at least 4 members (excludes halogenated alkanes) is 2. The van der Waals surface area contributed by atoms with Gasteiger partial charge >= 0.3 is 12.1 Å². The Morgan fingerprint density at radius 1 is 0.720 bits per heavy atom. The van der Waals surface area contributed by atoms with Gasteiger partial charge in [-0.15, -0.1) is 0 Å². The third-order valence-electron chi connectivity index (χ3n) is 17.2. The molecule has 0 aliphatic carbocycles. The van der Waals surface area contributed by atoms with E-state index in [1.807, 2.05) is 44.2 Å². The molecule has 516 valence electrons. The number of benzene rings is 2. The van der Waals surface area contributed by atoms with E-state index >= 15 is 0 Å². The van der Waals surface area contributed by atoms with E-state index in [2.05, 4.69) is 31.9 Å². The Morgan fingerprint density at radius 2 is 1.38 bits per heavy atom. The second-order valence-electron chi connectivity index (χ2n) is 24.7. The van der Waals surface area contributed by atoms with Crippen molar-refractivity contribution in [1.29, 1.82) is 0 Å². The fourth-order valence-corrected chi connectivity index (χ4v) is 11.6. The van der Waals surface area contributed by atoms with Crippen molar-refractivity contribution in [2.45, 2.75) is 180 Å². The Kier molecular flexibility index (Phi) is 32.4. The van der Waals surface area contributed by atoms with Gasteiger partial charge in [0.2, 0.25) is 41.4 Å². The Balaban J connectivity index is 1.35. The van der Waals surface area contributed by atoms with Crippen LogP contribution in [0.3, 0.4) is 0 Å². The van der Waals surface area contributed by atoms with Crippen LogP contribution in [0.1, 0.15) is 124 Å². The van der Waals surface area contributed by atoms with Crippen molar-refractivity contribution in [1.82, 2.24) is 46.2 Å². The SMILES string of the molecule is CC[C@H](C)[C@@H]([C@@H](CC(=O)N1CCC[C@H]1[C@H](OC)[C@@H](C)C(=O)N[C@H](CO)Cc1ccccc1)OC)N(C)C(=O)[C@@H](NC(=O)[C@H](CO)N(C)C(=O)OCc1ccc(NC(=O)[C@H](CCCNC(N)=O)NC(=O)[C@@H](NC(=O)CCCCCN2C(=O)C=CC2=O)C(C)C)cc1)C(C)C. The molecule has 93 heavy (non-hydrogen) atoms. The van der Waals surface area contributed by atoms with Crippen LogP contribution in [-0.4, -0.2) is 211 Å². The molecule has 2 heterocycles. The molecule has 10 N–H and O–H groups in total. The highest BCUT2D eigenvalue weighted by Gasteiger charge is 2.44. The average Bonchev–Trinajstić information content (AvgIpc) is 1.92. The largest absolute Gasteiger partial charge is 0.445 e. The molecule has 0 bridgehead atoms. The summed E-state index contributed by atoms with van der Waals surface area (Å²) in [7, 11) is 5.82. The number of nitrogens with zero attached hydrogens (tertiary/aromatic N) is 4. The summed E-state index contributed by atoms with van der Waals surface area (Å²) in [5, 5.41) is 37.1. The van der Waals surface area contributed by atoms with E-state index in [1.165, 1.54) is 50.5 Å². The van der Waals surface area contributed by atoms with E-state index in [0.717, 1.165) is 15.4 Å². The first-order valence-electron chi connectivity index (χ1n) is 32.2. The van der Waals surface area contributed by atoms with Crippen molar-refractivity contribution >= 4 is 71.0 Å². The number of aliphatic hydroxyl groups is 2. The maximum atomic E-state index is 14.7. The summed E-state index contributed by atoms with van der Waals surface area (Å²) in [5.74, 6) is -6.09. The zero-order chi connectivity index (χ0) is 69.1. The smallest absolute Gasteiger partial charge is 0.410 e. The molecular formula is C66H101N11O16. The molecule has 0 spiro atoms. The van der Waals surface area contributed by atoms with Gasteiger partial charge in [0.15, 0.2) is 0 Å². The number of carbonyl (C=O) groups excluding carboxylic acids is 11. The Bertz CT molecular complexity index is 2820. The van der Waals surface area contributed by atoms with E-state index in [-0.39, 0.29) is 87.5 Å². The predicted molar refractivity (Wildman–Crippen MR) is 346 cm³/mol. The zero-order valence-electron chi connectivity index (χ0n) is 55.9. The van der Waals surface area contributed by atoms with Crippen molar-refractivity contribution in [3.05, 3.63) is 77.9 Å². The summed E-state index contributed by atoms with van der Waals surface area (Å²) in [4.78, 5) is 151. The molecule has 0 aromatic heterocycles. The van der Waals surface area contributed by atoms with Crippen molar-refractivity contribution in [3.63, 3.8) is 0 Å². The van der Waals surface area contributed by atoms with Crippen molar-refractivity contribution in [3.8, 4) is 0 Å². The van der Waals surface area contributed by atoms with E-state index in [0.29, 0.717) is 62.7 Å². The molecule has 2 aromatic rings. The van der Waals surface area contributed by atoms with Gasteiger partial charge < -0.3 is 71.9 Å². The third kappa shape index (κ3) is 23.5. The third-order valence-corrected chi connectivity index (χ3v) is 17.2. The maximum absolute atomic E-state index is 14.7. The van der Waals surface area contributed by atoms with Crippen molar-refractivity contribution in [2.75, 3.05) is 66.5 Å². The highest BCUT2D eigenvalue weighted by atomic mass is 16.6. The monoisotopic (exact) mass is 1300 g/mol. The molecule has 11 atom stereocenters. The van der Waals surface area contributed by atoms with Crippen LogP contribution in [0.25, 0.3) is 0 Å². The van der Waals surface area contributed by atoms with Gasteiger partial charge in [-0.1, -0.05) is 104 Å². The van der Waals surface area contributed by atoms with Crippen LogP contribution in [0, 0.1) is 23.7 Å². The molecule has 27 nitrogen and oxygen atoms in total. The van der Waals surface area contributed by atoms with E-state index in [9.17, 15) is 63.0 Å². The number of hydrogen-bond donors (Lipinski definition) is 9. The minimum atomic E-state index is -1.50. The molecule has 2 aromatic carbocycles. The first kappa shape index (κ1) is 77.4. The number of anilines is 1. The van der Waals surface area contributed by atoms with Gasteiger partial charge in [0, 0.05) is 72.2 Å². The summed E-state index contributed by atoms with van der Waals surface area (Å²) in [6.45, 7) is 11.9. The van der Waals surface area contributed by atoms with E-state index in [1.54, 1.807) is 58.7 Å². The number of ether oxygens (including phenoxy) is 3. The first-order valence-corrected chi connectivity index (χ1v) is 32.2. The molecule has 0 radical (unpaired) electrons. The second-order valence-corrected chi connectivity index (χ2v) is 24.7.